The number of benzene rings is 1. The number of nitrogens with zero attached hydrogens (tertiary/aromatic N) is 4. The van der Waals surface area contributed by atoms with E-state index in [2.05, 4.69) is 26.9 Å². The highest BCUT2D eigenvalue weighted by molar-refractivity contribution is 7.22. The molecule has 10 nitrogen and oxygen atoms in total. The Hall–Kier alpha value is -3.36. The molecule has 1 aromatic carbocycles. The van der Waals surface area contributed by atoms with Crippen LogP contribution in [0.3, 0.4) is 0 Å². The molecule has 3 aromatic heterocycles. The van der Waals surface area contributed by atoms with Crippen LogP contribution >= 0.6 is 11.3 Å². The van der Waals surface area contributed by atoms with Crippen molar-refractivity contribution in [1.82, 2.24) is 19.8 Å². The van der Waals surface area contributed by atoms with Gasteiger partial charge in [-0.1, -0.05) is 12.1 Å². The fourth-order valence-electron chi connectivity index (χ4n) is 5.89. The van der Waals surface area contributed by atoms with Crippen molar-refractivity contribution in [2.24, 2.45) is 5.92 Å². The van der Waals surface area contributed by atoms with Gasteiger partial charge < -0.3 is 23.7 Å². The van der Waals surface area contributed by atoms with Gasteiger partial charge in [0.15, 0.2) is 11.6 Å². The molecule has 0 atom stereocenters. The van der Waals surface area contributed by atoms with Crippen molar-refractivity contribution in [3.05, 3.63) is 71.8 Å². The number of piperazine rings is 1. The predicted molar refractivity (Wildman–Crippen MR) is 191 cm³/mol. The van der Waals surface area contributed by atoms with E-state index < -0.39 is 5.82 Å². The molecule has 0 bridgehead atoms. The zero-order chi connectivity index (χ0) is 34.5. The second-order valence-electron chi connectivity index (χ2n) is 12.9. The standard InChI is InChI=1S/C38H47FN4O6S/c1-45-16-17-47-20-21-48-19-18-46-15-14-42-10-12-43(13-11-42)27-30-4-6-33(41-26-30)37-25-34-38(50-37)36(8-9-40-34)49-35-7-5-29(24-32(35)39)23-31(44)22-28-2-3-28/h4-9,24-26,28H,2-3,10-23,27H2,1H3. The molecule has 2 fully saturated rings. The lowest BCUT2D eigenvalue weighted by atomic mass is 10.0. The van der Waals surface area contributed by atoms with Gasteiger partial charge in [0.05, 0.1) is 67.0 Å². The second-order valence-corrected chi connectivity index (χ2v) is 13.9. The van der Waals surface area contributed by atoms with Gasteiger partial charge in [0.1, 0.15) is 11.5 Å². The Bertz CT molecular complexity index is 1660. The van der Waals surface area contributed by atoms with Gasteiger partial charge in [-0.2, -0.15) is 0 Å². The molecule has 1 aliphatic carbocycles. The normalized spacial score (nSPS) is 15.6. The van der Waals surface area contributed by atoms with Crippen molar-refractivity contribution >= 4 is 27.3 Å². The lowest BCUT2D eigenvalue weighted by molar-refractivity contribution is -0.118. The number of methoxy groups -OCH3 is 1. The topological polar surface area (TPSA) is 95.5 Å². The van der Waals surface area contributed by atoms with E-state index in [1.54, 1.807) is 31.5 Å². The van der Waals surface area contributed by atoms with Gasteiger partial charge in [-0.3, -0.25) is 24.6 Å². The molecule has 0 unspecified atom stereocenters. The van der Waals surface area contributed by atoms with Crippen LogP contribution in [0.15, 0.2) is 54.9 Å². The second kappa shape index (κ2) is 18.8. The first-order valence-corrected chi connectivity index (χ1v) is 18.3. The summed E-state index contributed by atoms with van der Waals surface area (Å²) < 4.78 is 43.5. The van der Waals surface area contributed by atoms with E-state index in [0.717, 1.165) is 72.9 Å². The number of fused-ring (bicyclic) bond motifs is 1. The number of pyridine rings is 2. The number of hydrogen-bond acceptors (Lipinski definition) is 11. The van der Waals surface area contributed by atoms with E-state index in [4.69, 9.17) is 28.7 Å². The number of rotatable bonds is 21. The largest absolute Gasteiger partial charge is 0.453 e. The van der Waals surface area contributed by atoms with E-state index >= 15 is 4.39 Å². The Kier molecular flexibility index (Phi) is 13.7. The van der Waals surface area contributed by atoms with E-state index in [1.807, 2.05) is 12.3 Å². The number of halogens is 1. The molecule has 1 aliphatic heterocycles. The SMILES string of the molecule is COCCOCCOCCOCCN1CCN(Cc2ccc(-c3cc4nccc(Oc5ccc(CC(=O)CC6CC6)cc5F)c4s3)nc2)CC1. The Morgan fingerprint density at radius 3 is 2.26 bits per heavy atom. The molecule has 1 saturated heterocycles. The average molecular weight is 707 g/mol. The molecular weight excluding hydrogens is 660 g/mol. The highest BCUT2D eigenvalue weighted by Crippen LogP contribution is 2.39. The van der Waals surface area contributed by atoms with Gasteiger partial charge >= 0.3 is 0 Å². The summed E-state index contributed by atoms with van der Waals surface area (Å²) in [6.45, 7) is 10.00. The lowest BCUT2D eigenvalue weighted by Crippen LogP contribution is -2.46. The Morgan fingerprint density at radius 2 is 1.56 bits per heavy atom. The van der Waals surface area contributed by atoms with Crippen LogP contribution in [0.2, 0.25) is 0 Å². The minimum atomic E-state index is -0.482. The third-order valence-electron chi connectivity index (χ3n) is 8.88. The maximum absolute atomic E-state index is 15.0. The van der Waals surface area contributed by atoms with Crippen LogP contribution in [-0.4, -0.2) is 112 Å². The molecule has 4 heterocycles. The minimum Gasteiger partial charge on any atom is -0.453 e. The predicted octanol–water partition coefficient (Wildman–Crippen LogP) is 6.02. The monoisotopic (exact) mass is 706 g/mol. The van der Waals surface area contributed by atoms with Gasteiger partial charge in [0.2, 0.25) is 0 Å². The van der Waals surface area contributed by atoms with Crippen LogP contribution in [0.4, 0.5) is 4.39 Å². The van der Waals surface area contributed by atoms with Gasteiger partial charge in [0, 0.05) is 77.7 Å². The van der Waals surface area contributed by atoms with Crippen LogP contribution in [0.5, 0.6) is 11.5 Å². The fraction of sp³-hybridized carbons (Fsp3) is 0.500. The summed E-state index contributed by atoms with van der Waals surface area (Å²) in [5.74, 6) is 0.868. The first-order chi connectivity index (χ1) is 24.5. The molecule has 268 valence electrons. The van der Waals surface area contributed by atoms with Crippen LogP contribution in [-0.2, 0) is 36.7 Å². The molecule has 0 radical (unpaired) electrons. The van der Waals surface area contributed by atoms with Crippen molar-refractivity contribution in [3.63, 3.8) is 0 Å². The van der Waals surface area contributed by atoms with Crippen LogP contribution in [0.1, 0.15) is 30.4 Å². The summed E-state index contributed by atoms with van der Waals surface area (Å²) in [5, 5.41) is 0. The van der Waals surface area contributed by atoms with Crippen LogP contribution in [0, 0.1) is 11.7 Å². The number of thiophene rings is 1. The van der Waals surface area contributed by atoms with Crippen LogP contribution in [0.25, 0.3) is 20.8 Å². The Morgan fingerprint density at radius 1 is 0.840 bits per heavy atom. The van der Waals surface area contributed by atoms with Crippen molar-refractivity contribution in [3.8, 4) is 22.1 Å². The van der Waals surface area contributed by atoms with Crippen molar-refractivity contribution in [2.75, 3.05) is 86.1 Å². The Balaban J connectivity index is 0.930. The number of ether oxygens (including phenoxy) is 5. The van der Waals surface area contributed by atoms with Crippen LogP contribution < -0.4 is 4.74 Å². The van der Waals surface area contributed by atoms with E-state index in [0.29, 0.717) is 69.9 Å². The molecule has 2 aliphatic rings. The van der Waals surface area contributed by atoms with Crippen molar-refractivity contribution in [1.29, 1.82) is 0 Å². The average Bonchev–Trinajstić information content (AvgIpc) is 3.82. The molecule has 0 spiro atoms. The highest BCUT2D eigenvalue weighted by Gasteiger charge is 2.24. The first-order valence-electron chi connectivity index (χ1n) is 17.5. The Labute approximate surface area is 297 Å². The molecule has 0 amide bonds. The molecule has 1 saturated carbocycles. The molecule has 12 heteroatoms. The van der Waals surface area contributed by atoms with Gasteiger partial charge in [-0.25, -0.2) is 4.39 Å². The lowest BCUT2D eigenvalue weighted by Gasteiger charge is -2.34. The zero-order valence-electron chi connectivity index (χ0n) is 28.8. The van der Waals surface area contributed by atoms with Gasteiger partial charge in [-0.05, 0) is 54.2 Å². The number of hydrogen-bond donors (Lipinski definition) is 0. The fourth-order valence-corrected chi connectivity index (χ4v) is 6.93. The van der Waals surface area contributed by atoms with E-state index in [9.17, 15) is 4.79 Å². The third kappa shape index (κ3) is 11.1. The summed E-state index contributed by atoms with van der Waals surface area (Å²) >= 11 is 1.52. The van der Waals surface area contributed by atoms with Crippen molar-refractivity contribution < 1.29 is 32.9 Å². The zero-order valence-corrected chi connectivity index (χ0v) is 29.6. The third-order valence-corrected chi connectivity index (χ3v) is 10.0. The molecule has 0 N–H and O–H groups in total. The summed E-state index contributed by atoms with van der Waals surface area (Å²) in [6, 6.07) is 12.7. The summed E-state index contributed by atoms with van der Waals surface area (Å²) in [5.41, 5.74) is 3.48. The molecule has 50 heavy (non-hydrogen) atoms. The molecule has 4 aromatic rings. The number of carbonyl (C=O) groups excluding carboxylic acids is 1. The molecule has 6 rings (SSSR count). The summed E-state index contributed by atoms with van der Waals surface area (Å²) in [4.78, 5) is 27.4. The first kappa shape index (κ1) is 36.4. The number of Topliss-reactive ketones (excluding diaryl/α,β-unsaturated/α-hetero) is 1. The number of ketones is 1. The van der Waals surface area contributed by atoms with Crippen molar-refractivity contribution in [2.45, 2.75) is 32.2 Å². The van der Waals surface area contributed by atoms with E-state index in [-0.39, 0.29) is 18.0 Å². The summed E-state index contributed by atoms with van der Waals surface area (Å²) in [6.07, 6.45) is 6.72. The van der Waals surface area contributed by atoms with Gasteiger partial charge in [0.25, 0.3) is 0 Å². The minimum absolute atomic E-state index is 0.125. The summed E-state index contributed by atoms with van der Waals surface area (Å²) in [7, 11) is 1.66. The van der Waals surface area contributed by atoms with E-state index in [1.165, 1.54) is 23.0 Å². The highest BCUT2D eigenvalue weighted by atomic mass is 32.1. The number of carbonyl (C=O) groups is 1. The quantitative estimate of drug-likeness (QED) is 0.0959. The maximum Gasteiger partial charge on any atom is 0.166 e. The maximum atomic E-state index is 15.0. The van der Waals surface area contributed by atoms with Gasteiger partial charge in [-0.15, -0.1) is 11.3 Å². The number of aromatic nitrogens is 2. The smallest absolute Gasteiger partial charge is 0.166 e. The molecular formula is C38H47FN4O6S.